The molecule has 4 heteroatoms. The maximum atomic E-state index is 13.0. The van der Waals surface area contributed by atoms with Crippen molar-refractivity contribution in [2.45, 2.75) is 32.2 Å². The van der Waals surface area contributed by atoms with Crippen LogP contribution in [-0.4, -0.2) is 19.0 Å². The van der Waals surface area contributed by atoms with Crippen LogP contribution in [0.2, 0.25) is 0 Å². The van der Waals surface area contributed by atoms with Crippen molar-refractivity contribution in [3.63, 3.8) is 0 Å². The fourth-order valence-electron chi connectivity index (χ4n) is 1.66. The molecule has 1 atom stereocenters. The number of carbonyl (C=O) groups is 1. The number of hydrogen-bond acceptors (Lipinski definition) is 2. The zero-order valence-electron chi connectivity index (χ0n) is 10.3. The van der Waals surface area contributed by atoms with Crippen molar-refractivity contribution in [3.8, 4) is 0 Å². The molecule has 0 aliphatic heterocycles. The van der Waals surface area contributed by atoms with Gasteiger partial charge in [0.25, 0.3) is 0 Å². The Morgan fingerprint density at radius 3 is 2.82 bits per heavy atom. The maximum absolute atomic E-state index is 13.0. The molecule has 1 unspecified atom stereocenters. The standard InChI is InChI=1S/C13H19FN2O/c1-3-5-11(15)9-13(17)16(2)12-7-4-6-10(14)8-12/h4,6-8,11H,3,5,9,15H2,1-2H3. The molecule has 0 bridgehead atoms. The summed E-state index contributed by atoms with van der Waals surface area (Å²) < 4.78 is 13.0. The first kappa shape index (κ1) is 13.6. The largest absolute Gasteiger partial charge is 0.327 e. The Morgan fingerprint density at radius 1 is 1.53 bits per heavy atom. The Morgan fingerprint density at radius 2 is 2.24 bits per heavy atom. The van der Waals surface area contributed by atoms with Crippen LogP contribution in [0.15, 0.2) is 24.3 Å². The minimum Gasteiger partial charge on any atom is -0.327 e. The molecule has 0 fully saturated rings. The molecule has 0 spiro atoms. The summed E-state index contributed by atoms with van der Waals surface area (Å²) in [6, 6.07) is 5.85. The predicted molar refractivity (Wildman–Crippen MR) is 67.3 cm³/mol. The number of hydrogen-bond donors (Lipinski definition) is 1. The molecule has 0 aliphatic carbocycles. The van der Waals surface area contributed by atoms with E-state index in [1.54, 1.807) is 19.2 Å². The molecule has 0 saturated carbocycles. The van der Waals surface area contributed by atoms with E-state index in [-0.39, 0.29) is 17.8 Å². The third kappa shape index (κ3) is 4.15. The molecule has 0 aliphatic rings. The van der Waals surface area contributed by atoms with Crippen LogP contribution in [0.4, 0.5) is 10.1 Å². The molecule has 2 N–H and O–H groups in total. The van der Waals surface area contributed by atoms with E-state index >= 15 is 0 Å². The molecule has 3 nitrogen and oxygen atoms in total. The third-order valence-electron chi connectivity index (χ3n) is 2.67. The summed E-state index contributed by atoms with van der Waals surface area (Å²) in [5.74, 6) is -0.434. The quantitative estimate of drug-likeness (QED) is 0.855. The van der Waals surface area contributed by atoms with Crippen molar-refractivity contribution in [1.82, 2.24) is 0 Å². The van der Waals surface area contributed by atoms with Gasteiger partial charge in [-0.15, -0.1) is 0 Å². The van der Waals surface area contributed by atoms with Crippen LogP contribution in [0.25, 0.3) is 0 Å². The van der Waals surface area contributed by atoms with Gasteiger partial charge in [-0.25, -0.2) is 4.39 Å². The molecular weight excluding hydrogens is 219 g/mol. The van der Waals surface area contributed by atoms with Crippen LogP contribution in [0, 0.1) is 5.82 Å². The van der Waals surface area contributed by atoms with Gasteiger partial charge in [-0.05, 0) is 24.6 Å². The van der Waals surface area contributed by atoms with Crippen molar-refractivity contribution in [1.29, 1.82) is 0 Å². The van der Waals surface area contributed by atoms with Crippen molar-refractivity contribution in [3.05, 3.63) is 30.1 Å². The van der Waals surface area contributed by atoms with Gasteiger partial charge in [0.2, 0.25) is 5.91 Å². The van der Waals surface area contributed by atoms with E-state index < -0.39 is 0 Å². The molecule has 0 heterocycles. The van der Waals surface area contributed by atoms with Crippen molar-refractivity contribution in [2.75, 3.05) is 11.9 Å². The molecule has 1 rings (SSSR count). The molecule has 94 valence electrons. The molecular formula is C13H19FN2O. The van der Waals surface area contributed by atoms with Gasteiger partial charge < -0.3 is 10.6 Å². The average molecular weight is 238 g/mol. The van der Waals surface area contributed by atoms with Gasteiger partial charge in [-0.3, -0.25) is 4.79 Å². The molecule has 0 saturated heterocycles. The van der Waals surface area contributed by atoms with Crippen LogP contribution in [0.1, 0.15) is 26.2 Å². The van der Waals surface area contributed by atoms with E-state index in [0.29, 0.717) is 12.1 Å². The van der Waals surface area contributed by atoms with Gasteiger partial charge in [0.05, 0.1) is 0 Å². The lowest BCUT2D eigenvalue weighted by Crippen LogP contribution is -2.33. The predicted octanol–water partition coefficient (Wildman–Crippen LogP) is 2.31. The highest BCUT2D eigenvalue weighted by Gasteiger charge is 2.14. The van der Waals surface area contributed by atoms with E-state index in [2.05, 4.69) is 0 Å². The number of anilines is 1. The second-order valence-corrected chi connectivity index (χ2v) is 4.19. The topological polar surface area (TPSA) is 46.3 Å². The fraction of sp³-hybridized carbons (Fsp3) is 0.462. The number of nitrogens with two attached hydrogens (primary N) is 1. The Hall–Kier alpha value is -1.42. The SMILES string of the molecule is CCCC(N)CC(=O)N(C)c1cccc(F)c1. The number of amides is 1. The zero-order chi connectivity index (χ0) is 12.8. The van der Waals surface area contributed by atoms with Crippen molar-refractivity contribution < 1.29 is 9.18 Å². The first-order valence-corrected chi connectivity index (χ1v) is 5.82. The summed E-state index contributed by atoms with van der Waals surface area (Å²) in [4.78, 5) is 13.3. The normalized spacial score (nSPS) is 12.2. The lowest BCUT2D eigenvalue weighted by molar-refractivity contribution is -0.118. The van der Waals surface area contributed by atoms with Crippen LogP contribution in [0.3, 0.4) is 0 Å². The van der Waals surface area contributed by atoms with Gasteiger partial charge in [-0.2, -0.15) is 0 Å². The Labute approximate surface area is 101 Å². The summed E-state index contributed by atoms with van der Waals surface area (Å²) >= 11 is 0. The number of rotatable bonds is 5. The highest BCUT2D eigenvalue weighted by molar-refractivity contribution is 5.93. The Kier molecular flexibility index (Phi) is 5.10. The van der Waals surface area contributed by atoms with Gasteiger partial charge >= 0.3 is 0 Å². The van der Waals surface area contributed by atoms with Crippen LogP contribution >= 0.6 is 0 Å². The zero-order valence-corrected chi connectivity index (χ0v) is 10.3. The minimum absolute atomic E-state index is 0.0865. The maximum Gasteiger partial charge on any atom is 0.228 e. The van der Waals surface area contributed by atoms with Crippen LogP contribution in [0.5, 0.6) is 0 Å². The smallest absolute Gasteiger partial charge is 0.228 e. The first-order valence-electron chi connectivity index (χ1n) is 5.82. The van der Waals surface area contributed by atoms with Gasteiger partial charge in [0.15, 0.2) is 0 Å². The van der Waals surface area contributed by atoms with E-state index in [4.69, 9.17) is 5.73 Å². The molecule has 1 amide bonds. The monoisotopic (exact) mass is 238 g/mol. The lowest BCUT2D eigenvalue weighted by Gasteiger charge is -2.19. The molecule has 17 heavy (non-hydrogen) atoms. The summed E-state index contributed by atoms with van der Waals surface area (Å²) in [6.45, 7) is 2.03. The van der Waals surface area contributed by atoms with E-state index in [1.807, 2.05) is 6.92 Å². The summed E-state index contributed by atoms with van der Waals surface area (Å²) in [6.07, 6.45) is 2.07. The average Bonchev–Trinajstić information content (AvgIpc) is 2.28. The Balaban J connectivity index is 2.63. The van der Waals surface area contributed by atoms with Gasteiger partial charge in [-0.1, -0.05) is 19.4 Å². The molecule has 1 aromatic carbocycles. The van der Waals surface area contributed by atoms with Gasteiger partial charge in [0, 0.05) is 25.2 Å². The van der Waals surface area contributed by atoms with E-state index in [1.165, 1.54) is 17.0 Å². The number of halogens is 1. The minimum atomic E-state index is -0.347. The Bertz CT molecular complexity index is 381. The highest BCUT2D eigenvalue weighted by Crippen LogP contribution is 2.15. The molecule has 0 radical (unpaired) electrons. The summed E-state index contributed by atoms with van der Waals surface area (Å²) in [7, 11) is 1.63. The molecule has 1 aromatic rings. The van der Waals surface area contributed by atoms with E-state index in [9.17, 15) is 9.18 Å². The van der Waals surface area contributed by atoms with Crippen molar-refractivity contribution in [2.24, 2.45) is 5.73 Å². The summed E-state index contributed by atoms with van der Waals surface area (Å²) in [5, 5.41) is 0. The fourth-order valence-corrected chi connectivity index (χ4v) is 1.66. The van der Waals surface area contributed by atoms with Gasteiger partial charge in [0.1, 0.15) is 5.82 Å². The number of benzene rings is 1. The second kappa shape index (κ2) is 6.35. The molecule has 0 aromatic heterocycles. The second-order valence-electron chi connectivity index (χ2n) is 4.19. The van der Waals surface area contributed by atoms with Crippen LogP contribution < -0.4 is 10.6 Å². The van der Waals surface area contributed by atoms with E-state index in [0.717, 1.165) is 12.8 Å². The lowest BCUT2D eigenvalue weighted by atomic mass is 10.1. The third-order valence-corrected chi connectivity index (χ3v) is 2.67. The van der Waals surface area contributed by atoms with Crippen LogP contribution in [-0.2, 0) is 4.79 Å². The van der Waals surface area contributed by atoms with Crippen molar-refractivity contribution >= 4 is 11.6 Å². The number of carbonyl (C=O) groups excluding carboxylic acids is 1. The highest BCUT2D eigenvalue weighted by atomic mass is 19.1. The first-order chi connectivity index (χ1) is 8.04. The summed E-state index contributed by atoms with van der Waals surface area (Å²) in [5.41, 5.74) is 6.36. The number of nitrogens with zero attached hydrogens (tertiary/aromatic N) is 1.